The van der Waals surface area contributed by atoms with Gasteiger partial charge in [0.2, 0.25) is 0 Å². The minimum atomic E-state index is -0.488. The Labute approximate surface area is 82.7 Å². The standard InChI is InChI=1S/C11H13FO2/c1-4-14-11-6-9(8(3)13)10(12)5-7(11)2/h5-6H,4H2,1-3H3. The van der Waals surface area contributed by atoms with E-state index in [1.54, 1.807) is 6.92 Å². The third-order valence-electron chi connectivity index (χ3n) is 1.94. The summed E-state index contributed by atoms with van der Waals surface area (Å²) in [7, 11) is 0. The summed E-state index contributed by atoms with van der Waals surface area (Å²) >= 11 is 0. The van der Waals surface area contributed by atoms with Crippen LogP contribution in [0.5, 0.6) is 5.75 Å². The van der Waals surface area contributed by atoms with Gasteiger partial charge in [-0.25, -0.2) is 4.39 Å². The number of ketones is 1. The summed E-state index contributed by atoms with van der Waals surface area (Å²) in [6.45, 7) is 5.43. The Hall–Kier alpha value is -1.38. The molecule has 0 bridgehead atoms. The third-order valence-corrected chi connectivity index (χ3v) is 1.94. The van der Waals surface area contributed by atoms with Crippen molar-refractivity contribution in [3.8, 4) is 5.75 Å². The van der Waals surface area contributed by atoms with Crippen LogP contribution in [0.3, 0.4) is 0 Å². The average Bonchev–Trinajstić information content (AvgIpc) is 2.09. The summed E-state index contributed by atoms with van der Waals surface area (Å²) in [6.07, 6.45) is 0. The predicted octanol–water partition coefficient (Wildman–Crippen LogP) is 2.74. The SMILES string of the molecule is CCOc1cc(C(C)=O)c(F)cc1C. The highest BCUT2D eigenvalue weighted by atomic mass is 19.1. The summed E-state index contributed by atoms with van der Waals surface area (Å²) in [6, 6.07) is 2.78. The molecule has 0 spiro atoms. The summed E-state index contributed by atoms with van der Waals surface area (Å²) < 4.78 is 18.5. The van der Waals surface area contributed by atoms with E-state index in [0.717, 1.165) is 0 Å². The molecule has 0 radical (unpaired) electrons. The second-order valence-electron chi connectivity index (χ2n) is 3.09. The number of benzene rings is 1. The van der Waals surface area contributed by atoms with Gasteiger partial charge in [-0.05, 0) is 38.5 Å². The van der Waals surface area contributed by atoms with Gasteiger partial charge in [0.1, 0.15) is 11.6 Å². The minimum Gasteiger partial charge on any atom is -0.494 e. The zero-order chi connectivity index (χ0) is 10.7. The predicted molar refractivity (Wildman–Crippen MR) is 52.3 cm³/mol. The Morgan fingerprint density at radius 1 is 1.50 bits per heavy atom. The second-order valence-corrected chi connectivity index (χ2v) is 3.09. The van der Waals surface area contributed by atoms with E-state index < -0.39 is 5.82 Å². The first-order chi connectivity index (χ1) is 6.56. The van der Waals surface area contributed by atoms with E-state index in [2.05, 4.69) is 0 Å². The lowest BCUT2D eigenvalue weighted by Gasteiger charge is -2.08. The van der Waals surface area contributed by atoms with Gasteiger partial charge in [-0.15, -0.1) is 0 Å². The topological polar surface area (TPSA) is 26.3 Å². The Kier molecular flexibility index (Phi) is 3.23. The number of rotatable bonds is 3. The van der Waals surface area contributed by atoms with Gasteiger partial charge in [-0.2, -0.15) is 0 Å². The van der Waals surface area contributed by atoms with Gasteiger partial charge in [-0.3, -0.25) is 4.79 Å². The number of carbonyl (C=O) groups is 1. The van der Waals surface area contributed by atoms with E-state index in [1.807, 2.05) is 6.92 Å². The molecule has 0 fully saturated rings. The summed E-state index contributed by atoms with van der Waals surface area (Å²) in [5.74, 6) is -0.207. The number of ether oxygens (including phenoxy) is 1. The van der Waals surface area contributed by atoms with Crippen molar-refractivity contribution in [2.75, 3.05) is 6.61 Å². The van der Waals surface area contributed by atoms with Crippen LogP contribution in [0.25, 0.3) is 0 Å². The highest BCUT2D eigenvalue weighted by molar-refractivity contribution is 5.94. The van der Waals surface area contributed by atoms with Crippen LogP contribution >= 0.6 is 0 Å². The van der Waals surface area contributed by atoms with Gasteiger partial charge in [0.05, 0.1) is 12.2 Å². The summed E-state index contributed by atoms with van der Waals surface area (Å²) in [4.78, 5) is 11.0. The number of hydrogen-bond donors (Lipinski definition) is 0. The molecule has 0 amide bonds. The van der Waals surface area contributed by atoms with Crippen LogP contribution in [0.4, 0.5) is 4.39 Å². The molecule has 0 atom stereocenters. The van der Waals surface area contributed by atoms with Crippen LogP contribution in [0.2, 0.25) is 0 Å². The van der Waals surface area contributed by atoms with Crippen LogP contribution in [0, 0.1) is 12.7 Å². The van der Waals surface area contributed by atoms with Crippen molar-refractivity contribution in [3.63, 3.8) is 0 Å². The van der Waals surface area contributed by atoms with Crippen molar-refractivity contribution in [2.45, 2.75) is 20.8 Å². The van der Waals surface area contributed by atoms with Crippen LogP contribution in [-0.2, 0) is 0 Å². The van der Waals surface area contributed by atoms with E-state index in [1.165, 1.54) is 19.1 Å². The van der Waals surface area contributed by atoms with Crippen molar-refractivity contribution in [1.82, 2.24) is 0 Å². The van der Waals surface area contributed by atoms with Gasteiger partial charge in [0.15, 0.2) is 5.78 Å². The number of halogens is 1. The average molecular weight is 196 g/mol. The maximum atomic E-state index is 13.2. The molecule has 0 saturated carbocycles. The Morgan fingerprint density at radius 3 is 2.64 bits per heavy atom. The van der Waals surface area contributed by atoms with Crippen LogP contribution in [-0.4, -0.2) is 12.4 Å². The van der Waals surface area contributed by atoms with Crippen molar-refractivity contribution >= 4 is 5.78 Å². The molecule has 0 aliphatic heterocycles. The molecule has 1 rings (SSSR count). The lowest BCUT2D eigenvalue weighted by Crippen LogP contribution is -2.01. The Bertz CT molecular complexity index is 359. The molecule has 1 aromatic carbocycles. The number of carbonyl (C=O) groups excluding carboxylic acids is 1. The fourth-order valence-electron chi connectivity index (χ4n) is 1.23. The van der Waals surface area contributed by atoms with Crippen molar-refractivity contribution in [2.24, 2.45) is 0 Å². The van der Waals surface area contributed by atoms with Crippen LogP contribution in [0.15, 0.2) is 12.1 Å². The van der Waals surface area contributed by atoms with Gasteiger partial charge in [-0.1, -0.05) is 0 Å². The molecule has 0 aromatic heterocycles. The van der Waals surface area contributed by atoms with Crippen LogP contribution in [0.1, 0.15) is 29.8 Å². The monoisotopic (exact) mass is 196 g/mol. The molecule has 0 N–H and O–H groups in total. The molecule has 1 aromatic rings. The third kappa shape index (κ3) is 2.10. The van der Waals surface area contributed by atoms with Crippen molar-refractivity contribution < 1.29 is 13.9 Å². The largest absolute Gasteiger partial charge is 0.494 e. The maximum Gasteiger partial charge on any atom is 0.162 e. The molecular weight excluding hydrogens is 183 g/mol. The van der Waals surface area contributed by atoms with E-state index in [4.69, 9.17) is 4.74 Å². The number of Topliss-reactive ketones (excluding diaryl/α,β-unsaturated/α-hetero) is 1. The fourth-order valence-corrected chi connectivity index (χ4v) is 1.23. The molecule has 14 heavy (non-hydrogen) atoms. The maximum absolute atomic E-state index is 13.2. The van der Waals surface area contributed by atoms with Gasteiger partial charge >= 0.3 is 0 Å². The lowest BCUT2D eigenvalue weighted by atomic mass is 10.1. The number of hydrogen-bond acceptors (Lipinski definition) is 2. The Balaban J connectivity index is 3.20. The first-order valence-electron chi connectivity index (χ1n) is 4.50. The first kappa shape index (κ1) is 10.7. The molecule has 3 heteroatoms. The molecule has 0 aliphatic rings. The highest BCUT2D eigenvalue weighted by Crippen LogP contribution is 2.22. The number of aryl methyl sites for hydroxylation is 1. The molecule has 2 nitrogen and oxygen atoms in total. The normalized spacial score (nSPS) is 10.0. The fraction of sp³-hybridized carbons (Fsp3) is 0.364. The summed E-state index contributed by atoms with van der Waals surface area (Å²) in [5.41, 5.74) is 0.786. The molecule has 76 valence electrons. The molecule has 0 heterocycles. The molecule has 0 aliphatic carbocycles. The van der Waals surface area contributed by atoms with E-state index >= 15 is 0 Å². The lowest BCUT2D eigenvalue weighted by molar-refractivity contribution is 0.101. The van der Waals surface area contributed by atoms with E-state index in [-0.39, 0.29) is 11.3 Å². The van der Waals surface area contributed by atoms with Crippen molar-refractivity contribution in [1.29, 1.82) is 0 Å². The van der Waals surface area contributed by atoms with Crippen molar-refractivity contribution in [3.05, 3.63) is 29.1 Å². The smallest absolute Gasteiger partial charge is 0.162 e. The quantitative estimate of drug-likeness (QED) is 0.695. The minimum absolute atomic E-state index is 0.0825. The second kappa shape index (κ2) is 4.22. The highest BCUT2D eigenvalue weighted by Gasteiger charge is 2.11. The van der Waals surface area contributed by atoms with Gasteiger partial charge in [0, 0.05) is 0 Å². The zero-order valence-electron chi connectivity index (χ0n) is 8.56. The van der Waals surface area contributed by atoms with Gasteiger partial charge in [0.25, 0.3) is 0 Å². The van der Waals surface area contributed by atoms with E-state index in [0.29, 0.717) is 17.9 Å². The molecule has 0 saturated heterocycles. The summed E-state index contributed by atoms with van der Waals surface area (Å²) in [5, 5.41) is 0. The van der Waals surface area contributed by atoms with E-state index in [9.17, 15) is 9.18 Å². The van der Waals surface area contributed by atoms with Gasteiger partial charge < -0.3 is 4.74 Å². The van der Waals surface area contributed by atoms with Crippen LogP contribution < -0.4 is 4.74 Å². The first-order valence-corrected chi connectivity index (χ1v) is 4.50. The zero-order valence-corrected chi connectivity index (χ0v) is 8.56. The molecule has 0 unspecified atom stereocenters. The Morgan fingerprint density at radius 2 is 2.14 bits per heavy atom. The molecular formula is C11H13FO2.